The third kappa shape index (κ3) is 4.51. The van der Waals surface area contributed by atoms with Crippen LogP contribution in [0.2, 0.25) is 0 Å². The van der Waals surface area contributed by atoms with E-state index in [0.29, 0.717) is 0 Å². The molecule has 138 valence electrons. The van der Waals surface area contributed by atoms with Gasteiger partial charge in [-0.25, -0.2) is 0 Å². The van der Waals surface area contributed by atoms with Crippen LogP contribution in [0.15, 0.2) is 54.6 Å². The van der Waals surface area contributed by atoms with Crippen LogP contribution in [0.5, 0.6) is 0 Å². The second kappa shape index (κ2) is 8.47. The van der Waals surface area contributed by atoms with E-state index in [9.17, 15) is 4.79 Å². The van der Waals surface area contributed by atoms with Gasteiger partial charge in [0.15, 0.2) is 0 Å². The number of likely N-dealkylation sites (tertiary alicyclic amines) is 1. The minimum atomic E-state index is -0.581. The monoisotopic (exact) mass is 351 g/mol. The summed E-state index contributed by atoms with van der Waals surface area (Å²) in [6, 6.07) is 18.2. The molecule has 3 rings (SSSR count). The molecule has 1 unspecified atom stereocenters. The lowest BCUT2D eigenvalue weighted by Crippen LogP contribution is -2.47. The Morgan fingerprint density at radius 2 is 1.73 bits per heavy atom. The van der Waals surface area contributed by atoms with E-state index in [1.165, 1.54) is 11.1 Å². The normalized spacial score (nSPS) is 17.0. The van der Waals surface area contributed by atoms with Crippen molar-refractivity contribution in [3.05, 3.63) is 71.3 Å². The number of hydrogen-bond donors (Lipinski definition) is 1. The zero-order valence-electron chi connectivity index (χ0n) is 15.8. The molecule has 0 aromatic heterocycles. The number of piperidine rings is 1. The molecule has 0 spiro atoms. The summed E-state index contributed by atoms with van der Waals surface area (Å²) >= 11 is 0. The van der Waals surface area contributed by atoms with Gasteiger partial charge in [-0.3, -0.25) is 9.69 Å². The van der Waals surface area contributed by atoms with Crippen molar-refractivity contribution in [1.29, 1.82) is 0 Å². The molecule has 0 radical (unpaired) electrons. The number of carbonyl (C=O) groups excluding carboxylic acids is 1. The minimum absolute atomic E-state index is 0.00959. The van der Waals surface area contributed by atoms with E-state index in [4.69, 9.17) is 5.73 Å². The van der Waals surface area contributed by atoms with Crippen LogP contribution in [0.4, 0.5) is 0 Å². The molecule has 2 aromatic carbocycles. The fraction of sp³-hybridized carbons (Fsp3) is 0.409. The Hall–Kier alpha value is -2.17. The number of benzene rings is 2. The van der Waals surface area contributed by atoms with Crippen molar-refractivity contribution in [2.75, 3.05) is 20.1 Å². The molecule has 1 heterocycles. The maximum Gasteiger partial charge on any atom is 0.244 e. The lowest BCUT2D eigenvalue weighted by Gasteiger charge is -2.37. The van der Waals surface area contributed by atoms with Gasteiger partial charge in [-0.15, -0.1) is 0 Å². The van der Waals surface area contributed by atoms with Crippen molar-refractivity contribution in [2.45, 2.75) is 38.4 Å². The highest BCUT2D eigenvalue weighted by molar-refractivity contribution is 5.83. The standard InChI is InChI=1S/C22H29N3O/c1-17-8-10-19(11-9-17)21(23)22(26)24(2)20-12-14-25(15-13-20)16-18-6-4-3-5-7-18/h3-11,20-21H,12-16,23H2,1-2H3. The van der Waals surface area contributed by atoms with Crippen molar-refractivity contribution in [1.82, 2.24) is 9.80 Å². The highest BCUT2D eigenvalue weighted by Gasteiger charge is 2.28. The largest absolute Gasteiger partial charge is 0.341 e. The van der Waals surface area contributed by atoms with Crippen molar-refractivity contribution < 1.29 is 4.79 Å². The molecule has 26 heavy (non-hydrogen) atoms. The average Bonchev–Trinajstić information content (AvgIpc) is 2.68. The molecule has 1 saturated heterocycles. The number of likely N-dealkylation sites (N-methyl/N-ethyl adjacent to an activating group) is 1. The van der Waals surface area contributed by atoms with Gasteiger partial charge < -0.3 is 10.6 Å². The molecule has 2 aromatic rings. The van der Waals surface area contributed by atoms with Crippen LogP contribution in [0, 0.1) is 6.92 Å². The Kier molecular flexibility index (Phi) is 6.07. The first kappa shape index (κ1) is 18.6. The van der Waals surface area contributed by atoms with Gasteiger partial charge >= 0.3 is 0 Å². The van der Waals surface area contributed by atoms with Crippen LogP contribution in [-0.2, 0) is 11.3 Å². The second-order valence-electron chi connectivity index (χ2n) is 7.33. The number of aryl methyl sites for hydroxylation is 1. The summed E-state index contributed by atoms with van der Waals surface area (Å²) in [5, 5.41) is 0. The molecule has 1 fully saturated rings. The first-order chi connectivity index (χ1) is 12.5. The van der Waals surface area contributed by atoms with Gasteiger partial charge in [0.25, 0.3) is 0 Å². The molecule has 0 saturated carbocycles. The SMILES string of the molecule is Cc1ccc(C(N)C(=O)N(C)C2CCN(Cc3ccccc3)CC2)cc1. The molecule has 4 nitrogen and oxygen atoms in total. The number of amides is 1. The van der Waals surface area contributed by atoms with Crippen LogP contribution >= 0.6 is 0 Å². The van der Waals surface area contributed by atoms with E-state index in [-0.39, 0.29) is 11.9 Å². The molecule has 1 amide bonds. The molecular formula is C22H29N3O. The first-order valence-electron chi connectivity index (χ1n) is 9.39. The van der Waals surface area contributed by atoms with Crippen LogP contribution < -0.4 is 5.73 Å². The summed E-state index contributed by atoms with van der Waals surface area (Å²) in [4.78, 5) is 17.1. The summed E-state index contributed by atoms with van der Waals surface area (Å²) in [5.41, 5.74) is 9.63. The molecule has 1 aliphatic rings. The highest BCUT2D eigenvalue weighted by atomic mass is 16.2. The average molecular weight is 351 g/mol. The van der Waals surface area contributed by atoms with Crippen LogP contribution in [0.3, 0.4) is 0 Å². The Bertz CT molecular complexity index is 706. The smallest absolute Gasteiger partial charge is 0.244 e. The lowest BCUT2D eigenvalue weighted by atomic mass is 10.00. The molecule has 1 atom stereocenters. The van der Waals surface area contributed by atoms with Gasteiger partial charge in [0.2, 0.25) is 5.91 Å². The third-order valence-electron chi connectivity index (χ3n) is 5.40. The van der Waals surface area contributed by atoms with Crippen LogP contribution in [0.1, 0.15) is 35.6 Å². The maximum absolute atomic E-state index is 12.8. The summed E-state index contributed by atoms with van der Waals surface area (Å²) < 4.78 is 0. The quantitative estimate of drug-likeness (QED) is 0.900. The highest BCUT2D eigenvalue weighted by Crippen LogP contribution is 2.21. The van der Waals surface area contributed by atoms with E-state index in [0.717, 1.165) is 38.0 Å². The van der Waals surface area contributed by atoms with Crippen LogP contribution in [-0.4, -0.2) is 41.9 Å². The molecule has 0 aliphatic carbocycles. The Labute approximate surface area is 156 Å². The van der Waals surface area contributed by atoms with Gasteiger partial charge in [0, 0.05) is 32.7 Å². The topological polar surface area (TPSA) is 49.6 Å². The van der Waals surface area contributed by atoms with Crippen molar-refractivity contribution in [3.8, 4) is 0 Å². The van der Waals surface area contributed by atoms with E-state index in [2.05, 4.69) is 29.2 Å². The van der Waals surface area contributed by atoms with Gasteiger partial charge in [-0.2, -0.15) is 0 Å². The predicted molar refractivity (Wildman–Crippen MR) is 106 cm³/mol. The number of rotatable bonds is 5. The Balaban J connectivity index is 1.53. The zero-order valence-corrected chi connectivity index (χ0v) is 15.8. The summed E-state index contributed by atoms with van der Waals surface area (Å²) in [6.07, 6.45) is 1.99. The second-order valence-corrected chi connectivity index (χ2v) is 7.33. The lowest BCUT2D eigenvalue weighted by molar-refractivity contribution is -0.134. The minimum Gasteiger partial charge on any atom is -0.341 e. The third-order valence-corrected chi connectivity index (χ3v) is 5.40. The molecule has 2 N–H and O–H groups in total. The number of carbonyl (C=O) groups is 1. The van der Waals surface area contributed by atoms with Gasteiger partial charge in [0.05, 0.1) is 0 Å². The Morgan fingerprint density at radius 1 is 1.12 bits per heavy atom. The zero-order chi connectivity index (χ0) is 18.5. The number of hydrogen-bond acceptors (Lipinski definition) is 3. The van der Waals surface area contributed by atoms with Gasteiger partial charge in [-0.05, 0) is 30.9 Å². The van der Waals surface area contributed by atoms with Crippen molar-refractivity contribution in [2.24, 2.45) is 5.73 Å². The summed E-state index contributed by atoms with van der Waals surface area (Å²) in [7, 11) is 1.90. The number of nitrogens with two attached hydrogens (primary N) is 1. The molecule has 4 heteroatoms. The molecular weight excluding hydrogens is 322 g/mol. The van der Waals surface area contributed by atoms with Crippen LogP contribution in [0.25, 0.3) is 0 Å². The molecule has 1 aliphatic heterocycles. The van der Waals surface area contributed by atoms with E-state index in [1.807, 2.05) is 49.2 Å². The van der Waals surface area contributed by atoms with Gasteiger partial charge in [-0.1, -0.05) is 60.2 Å². The van der Waals surface area contributed by atoms with Crippen molar-refractivity contribution in [3.63, 3.8) is 0 Å². The predicted octanol–water partition coefficient (Wildman–Crippen LogP) is 3.12. The van der Waals surface area contributed by atoms with Crippen molar-refractivity contribution >= 4 is 5.91 Å². The fourth-order valence-electron chi connectivity index (χ4n) is 3.62. The van der Waals surface area contributed by atoms with E-state index in [1.54, 1.807) is 0 Å². The van der Waals surface area contributed by atoms with Gasteiger partial charge in [0.1, 0.15) is 6.04 Å². The maximum atomic E-state index is 12.8. The first-order valence-corrected chi connectivity index (χ1v) is 9.39. The van der Waals surface area contributed by atoms with E-state index >= 15 is 0 Å². The summed E-state index contributed by atoms with van der Waals surface area (Å²) in [5.74, 6) is 0.00959. The van der Waals surface area contributed by atoms with E-state index < -0.39 is 6.04 Å². The summed E-state index contributed by atoms with van der Waals surface area (Å²) in [6.45, 7) is 5.04. The fourth-order valence-corrected chi connectivity index (χ4v) is 3.62. The molecule has 0 bridgehead atoms. The number of nitrogens with zero attached hydrogens (tertiary/aromatic N) is 2. The Morgan fingerprint density at radius 3 is 2.35 bits per heavy atom.